The Bertz CT molecular complexity index is 1040. The first-order valence-corrected chi connectivity index (χ1v) is 12.4. The largest absolute Gasteiger partial charge is 0.497 e. The lowest BCUT2D eigenvalue weighted by Gasteiger charge is -2.26. The SMILES string of the molecule is CCSC(=Nc1cc(Cl)c(Cl)cc1Cl)N(Cc1ccc(OC)cc1)Cc1ccc(OC)cc1. The molecule has 0 aliphatic rings. The number of nitrogens with zero attached hydrogens (tertiary/aromatic N) is 2. The molecule has 0 saturated heterocycles. The maximum atomic E-state index is 6.43. The lowest BCUT2D eigenvalue weighted by atomic mass is 10.1. The maximum Gasteiger partial charge on any atom is 0.165 e. The van der Waals surface area contributed by atoms with Gasteiger partial charge in [0.2, 0.25) is 0 Å². The Balaban J connectivity index is 1.99. The molecule has 3 rings (SSSR count). The van der Waals surface area contributed by atoms with Crippen LogP contribution in [0.2, 0.25) is 15.1 Å². The molecular weight excluding hydrogens is 499 g/mol. The molecule has 3 aromatic rings. The van der Waals surface area contributed by atoms with Crippen LogP contribution >= 0.6 is 46.6 Å². The molecule has 0 amide bonds. The highest BCUT2D eigenvalue weighted by Gasteiger charge is 2.16. The minimum atomic E-state index is 0.402. The summed E-state index contributed by atoms with van der Waals surface area (Å²) in [7, 11) is 3.32. The van der Waals surface area contributed by atoms with Gasteiger partial charge in [0.15, 0.2) is 5.17 Å². The van der Waals surface area contributed by atoms with Gasteiger partial charge < -0.3 is 14.4 Å². The molecule has 0 aliphatic heterocycles. The van der Waals surface area contributed by atoms with E-state index in [4.69, 9.17) is 49.3 Å². The zero-order valence-corrected chi connectivity index (χ0v) is 21.7. The van der Waals surface area contributed by atoms with Gasteiger partial charge in [-0.05, 0) is 53.3 Å². The second-order valence-electron chi connectivity index (χ2n) is 7.10. The molecule has 0 atom stereocenters. The van der Waals surface area contributed by atoms with Crippen molar-refractivity contribution in [2.75, 3.05) is 20.0 Å². The van der Waals surface area contributed by atoms with Gasteiger partial charge in [-0.15, -0.1) is 0 Å². The Hall–Kier alpha value is -2.05. The highest BCUT2D eigenvalue weighted by Crippen LogP contribution is 2.35. The normalized spacial score (nSPS) is 11.4. The average molecular weight is 524 g/mol. The number of rotatable bonds is 8. The van der Waals surface area contributed by atoms with Crippen molar-refractivity contribution in [3.8, 4) is 11.5 Å². The highest BCUT2D eigenvalue weighted by atomic mass is 35.5. The van der Waals surface area contributed by atoms with Gasteiger partial charge in [0.05, 0.1) is 35.0 Å². The van der Waals surface area contributed by atoms with Crippen LogP contribution in [0.5, 0.6) is 11.5 Å². The molecule has 0 aromatic heterocycles. The third-order valence-electron chi connectivity index (χ3n) is 4.81. The van der Waals surface area contributed by atoms with Gasteiger partial charge >= 0.3 is 0 Å². The van der Waals surface area contributed by atoms with E-state index in [1.165, 1.54) is 0 Å². The van der Waals surface area contributed by atoms with Crippen molar-refractivity contribution in [3.05, 3.63) is 86.9 Å². The molecule has 0 aliphatic carbocycles. The fourth-order valence-electron chi connectivity index (χ4n) is 3.12. The average Bonchev–Trinajstić information content (AvgIpc) is 2.82. The summed E-state index contributed by atoms with van der Waals surface area (Å²) < 4.78 is 10.6. The quantitative estimate of drug-likeness (QED) is 0.170. The van der Waals surface area contributed by atoms with E-state index in [1.807, 2.05) is 24.3 Å². The van der Waals surface area contributed by atoms with E-state index in [-0.39, 0.29) is 0 Å². The first kappa shape index (κ1) is 25.6. The van der Waals surface area contributed by atoms with Gasteiger partial charge in [-0.3, -0.25) is 0 Å². The summed E-state index contributed by atoms with van der Waals surface area (Å²) in [5.41, 5.74) is 2.85. The molecule has 3 aromatic carbocycles. The number of amidine groups is 1. The number of halogens is 3. The molecule has 0 spiro atoms. The summed E-state index contributed by atoms with van der Waals surface area (Å²) >= 11 is 20.4. The fraction of sp³-hybridized carbons (Fsp3) is 0.240. The minimum Gasteiger partial charge on any atom is -0.497 e. The van der Waals surface area contributed by atoms with Crippen LogP contribution in [0, 0.1) is 0 Å². The number of ether oxygens (including phenoxy) is 2. The first-order valence-electron chi connectivity index (χ1n) is 10.3. The van der Waals surface area contributed by atoms with E-state index in [1.54, 1.807) is 38.1 Å². The molecule has 0 saturated carbocycles. The molecular formula is C25H25Cl3N2O2S. The number of hydrogen-bond donors (Lipinski definition) is 0. The van der Waals surface area contributed by atoms with Crippen molar-refractivity contribution >= 4 is 57.4 Å². The number of thioether (sulfide) groups is 1. The van der Waals surface area contributed by atoms with E-state index < -0.39 is 0 Å². The van der Waals surface area contributed by atoms with Crippen LogP contribution in [0.25, 0.3) is 0 Å². The number of methoxy groups -OCH3 is 2. The first-order chi connectivity index (χ1) is 15.9. The Kier molecular flexibility index (Phi) is 9.63. The number of benzene rings is 3. The van der Waals surface area contributed by atoms with Crippen LogP contribution in [-0.2, 0) is 13.1 Å². The van der Waals surface area contributed by atoms with Crippen LogP contribution in [0.15, 0.2) is 65.7 Å². The van der Waals surface area contributed by atoms with Crippen molar-refractivity contribution in [3.63, 3.8) is 0 Å². The zero-order chi connectivity index (χ0) is 23.8. The van der Waals surface area contributed by atoms with Crippen molar-refractivity contribution in [2.24, 2.45) is 4.99 Å². The van der Waals surface area contributed by atoms with Crippen molar-refractivity contribution < 1.29 is 9.47 Å². The summed E-state index contributed by atoms with van der Waals surface area (Å²) in [6.45, 7) is 3.40. The Morgan fingerprint density at radius 3 is 1.73 bits per heavy atom. The van der Waals surface area contributed by atoms with Crippen molar-refractivity contribution in [1.82, 2.24) is 4.90 Å². The zero-order valence-electron chi connectivity index (χ0n) is 18.6. The molecule has 33 heavy (non-hydrogen) atoms. The summed E-state index contributed by atoms with van der Waals surface area (Å²) in [4.78, 5) is 7.11. The highest BCUT2D eigenvalue weighted by molar-refractivity contribution is 8.13. The van der Waals surface area contributed by atoms with E-state index in [9.17, 15) is 0 Å². The van der Waals surface area contributed by atoms with Crippen LogP contribution in [0.4, 0.5) is 5.69 Å². The molecule has 8 heteroatoms. The summed E-state index contributed by atoms with van der Waals surface area (Å²) in [6, 6.07) is 19.4. The topological polar surface area (TPSA) is 34.1 Å². The van der Waals surface area contributed by atoms with E-state index in [0.717, 1.165) is 33.5 Å². The summed E-state index contributed by atoms with van der Waals surface area (Å²) in [6.07, 6.45) is 0. The Morgan fingerprint density at radius 1 is 0.788 bits per heavy atom. The van der Waals surface area contributed by atoms with Gasteiger partial charge in [0.25, 0.3) is 0 Å². The molecule has 0 heterocycles. The second-order valence-corrected chi connectivity index (χ2v) is 9.55. The standard InChI is InChI=1S/C25H25Cl3N2O2S/c1-4-33-25(29-24-14-22(27)21(26)13-23(24)28)30(15-17-5-9-19(31-2)10-6-17)16-18-7-11-20(32-3)12-8-18/h5-14H,4,15-16H2,1-3H3. The fourth-order valence-corrected chi connectivity index (χ4v) is 4.43. The molecule has 0 bridgehead atoms. The lowest BCUT2D eigenvalue weighted by molar-refractivity contribution is 0.405. The van der Waals surface area contributed by atoms with Crippen molar-refractivity contribution in [2.45, 2.75) is 20.0 Å². The second kappa shape index (κ2) is 12.4. The maximum absolute atomic E-state index is 6.43. The van der Waals surface area contributed by atoms with Crippen LogP contribution in [0.3, 0.4) is 0 Å². The van der Waals surface area contributed by atoms with Gasteiger partial charge in [0, 0.05) is 13.1 Å². The Morgan fingerprint density at radius 2 is 1.27 bits per heavy atom. The molecule has 4 nitrogen and oxygen atoms in total. The van der Waals surface area contributed by atoms with Crippen LogP contribution in [-0.4, -0.2) is 30.0 Å². The molecule has 174 valence electrons. The third-order valence-corrected chi connectivity index (χ3v) is 6.74. The third kappa shape index (κ3) is 7.21. The molecule has 0 radical (unpaired) electrons. The predicted molar refractivity (Wildman–Crippen MR) is 142 cm³/mol. The predicted octanol–water partition coefficient (Wildman–Crippen LogP) is 8.11. The summed E-state index contributed by atoms with van der Waals surface area (Å²) in [5, 5.41) is 2.10. The summed E-state index contributed by atoms with van der Waals surface area (Å²) in [5.74, 6) is 2.49. The lowest BCUT2D eigenvalue weighted by Crippen LogP contribution is -2.28. The monoisotopic (exact) mass is 522 g/mol. The van der Waals surface area contributed by atoms with Crippen LogP contribution < -0.4 is 9.47 Å². The van der Waals surface area contributed by atoms with Gasteiger partial charge in [-0.2, -0.15) is 0 Å². The van der Waals surface area contributed by atoms with Gasteiger partial charge in [0.1, 0.15) is 11.5 Å². The smallest absolute Gasteiger partial charge is 0.165 e. The molecule has 0 fully saturated rings. The molecule has 0 N–H and O–H groups in total. The van der Waals surface area contributed by atoms with Crippen molar-refractivity contribution in [1.29, 1.82) is 0 Å². The van der Waals surface area contributed by atoms with Gasteiger partial charge in [-0.25, -0.2) is 4.99 Å². The van der Waals surface area contributed by atoms with Gasteiger partial charge in [-0.1, -0.05) is 77.8 Å². The molecule has 0 unspecified atom stereocenters. The van der Waals surface area contributed by atoms with E-state index in [2.05, 4.69) is 36.1 Å². The van der Waals surface area contributed by atoms with E-state index >= 15 is 0 Å². The minimum absolute atomic E-state index is 0.402. The Labute approximate surface area is 214 Å². The number of aliphatic imine (C=N–C) groups is 1. The van der Waals surface area contributed by atoms with Crippen LogP contribution in [0.1, 0.15) is 18.1 Å². The number of hydrogen-bond acceptors (Lipinski definition) is 4. The van der Waals surface area contributed by atoms with E-state index in [0.29, 0.717) is 33.8 Å².